The lowest BCUT2D eigenvalue weighted by molar-refractivity contribution is 0.476. The van der Waals surface area contributed by atoms with Crippen molar-refractivity contribution in [3.63, 3.8) is 0 Å². The van der Waals surface area contributed by atoms with E-state index < -0.39 is 93.7 Å². The van der Waals surface area contributed by atoms with E-state index in [9.17, 15) is 62.1 Å². The number of nitrogen functional groups attached to an aromatic ring is 2. The van der Waals surface area contributed by atoms with Crippen molar-refractivity contribution in [3.05, 3.63) is 133 Å². The van der Waals surface area contributed by atoms with Crippen molar-refractivity contribution in [2.24, 2.45) is 20.5 Å². The Labute approximate surface area is 386 Å². The standard InChI is InChI=1S/C44H32N6O14S4/c45-41-37(67(59,60)61)21-35(65(53,54)55)31-17-19-33(43(51)39(31)41)49-47-29-13-9-27(10-14-29)25-5-1-23(2-6-25)24-3-7-26(8-4-24)28-11-15-30(16-12-28)48-50-34-20-18-32-36(66(56,57)58)22-38(68(62,63)64)42(46)40(32)44(34)52/h1-22,51-52H,45-46H2,(H,53,54,55)(H,56,57,58)(H,59,60,61)(H,62,63,64). The zero-order valence-corrected chi connectivity index (χ0v) is 37.5. The third-order valence-electron chi connectivity index (χ3n) is 10.6. The lowest BCUT2D eigenvalue weighted by Gasteiger charge is -2.13. The Kier molecular flexibility index (Phi) is 11.8. The lowest BCUT2D eigenvalue weighted by atomic mass is 9.98. The SMILES string of the molecule is Nc1c(S(=O)(=O)O)cc(S(=O)(=O)O)c2ccc(N=Nc3ccc(-c4ccc(-c5ccc(-c6ccc(N=Nc7ccc8c(S(=O)(=O)O)cc(S(=O)(=O)O)c(N)c8c7O)cc6)cc5)cc4)cc3)c(O)c12. The molecule has 0 radical (unpaired) electrons. The minimum atomic E-state index is -5.07. The summed E-state index contributed by atoms with van der Waals surface area (Å²) in [5.41, 5.74) is 16.1. The molecule has 0 unspecified atom stereocenters. The molecule has 0 aliphatic carbocycles. The first-order valence-electron chi connectivity index (χ1n) is 19.2. The minimum Gasteiger partial charge on any atom is -0.505 e. The van der Waals surface area contributed by atoms with Crippen molar-refractivity contribution in [2.75, 3.05) is 11.5 Å². The van der Waals surface area contributed by atoms with Crippen molar-refractivity contribution < 1.29 is 62.1 Å². The Morgan fingerprint density at radius 3 is 0.838 bits per heavy atom. The van der Waals surface area contributed by atoms with E-state index in [1.54, 1.807) is 48.5 Å². The van der Waals surface area contributed by atoms with Gasteiger partial charge in [0.25, 0.3) is 40.5 Å². The molecule has 8 aromatic carbocycles. The van der Waals surface area contributed by atoms with Crippen LogP contribution in [0, 0.1) is 0 Å². The summed E-state index contributed by atoms with van der Waals surface area (Å²) in [5.74, 6) is -1.49. The Morgan fingerprint density at radius 1 is 0.338 bits per heavy atom. The highest BCUT2D eigenvalue weighted by molar-refractivity contribution is 7.87. The van der Waals surface area contributed by atoms with E-state index in [1.807, 2.05) is 48.5 Å². The molecule has 0 aromatic heterocycles. The Morgan fingerprint density at radius 2 is 0.588 bits per heavy atom. The van der Waals surface area contributed by atoms with Crippen molar-refractivity contribution >= 4 is 96.1 Å². The fourth-order valence-corrected chi connectivity index (χ4v) is 10.2. The average molecular weight is 997 g/mol. The monoisotopic (exact) mass is 996 g/mol. The first kappa shape index (κ1) is 46.8. The molecule has 20 nitrogen and oxygen atoms in total. The molecule has 346 valence electrons. The second-order valence-corrected chi connectivity index (χ2v) is 20.4. The van der Waals surface area contributed by atoms with Crippen LogP contribution in [0.5, 0.6) is 11.5 Å². The van der Waals surface area contributed by atoms with Gasteiger partial charge >= 0.3 is 0 Å². The third-order valence-corrected chi connectivity index (χ3v) is 14.2. The summed E-state index contributed by atoms with van der Waals surface area (Å²) in [7, 11) is -20.2. The van der Waals surface area contributed by atoms with Gasteiger partial charge < -0.3 is 21.7 Å². The van der Waals surface area contributed by atoms with Crippen molar-refractivity contribution in [2.45, 2.75) is 19.6 Å². The van der Waals surface area contributed by atoms with Gasteiger partial charge in [0.05, 0.1) is 33.5 Å². The number of aromatic hydroxyl groups is 2. The lowest BCUT2D eigenvalue weighted by Crippen LogP contribution is -2.08. The Bertz CT molecular complexity index is 3650. The number of benzene rings is 8. The first-order valence-corrected chi connectivity index (χ1v) is 25.0. The number of phenolic OH excluding ortho intramolecular Hbond substituents is 2. The molecule has 68 heavy (non-hydrogen) atoms. The predicted molar refractivity (Wildman–Crippen MR) is 250 cm³/mol. The molecule has 0 atom stereocenters. The van der Waals surface area contributed by atoms with Gasteiger partial charge in [0, 0.05) is 10.8 Å². The summed E-state index contributed by atoms with van der Waals surface area (Å²) in [4.78, 5) is -3.90. The molecule has 0 aliphatic rings. The minimum absolute atomic E-state index is 0.217. The number of hydrogen-bond donors (Lipinski definition) is 8. The van der Waals surface area contributed by atoms with Crippen LogP contribution in [0.4, 0.5) is 34.1 Å². The summed E-state index contributed by atoms with van der Waals surface area (Å²) in [6.07, 6.45) is 0. The molecule has 0 saturated carbocycles. The smallest absolute Gasteiger partial charge is 0.296 e. The number of hydrogen-bond acceptors (Lipinski definition) is 16. The molecule has 0 heterocycles. The van der Waals surface area contributed by atoms with E-state index in [0.29, 0.717) is 23.5 Å². The fourth-order valence-electron chi connectivity index (χ4n) is 7.30. The van der Waals surface area contributed by atoms with Crippen molar-refractivity contribution in [1.82, 2.24) is 0 Å². The number of azo groups is 2. The van der Waals surface area contributed by atoms with E-state index in [1.165, 1.54) is 12.1 Å². The van der Waals surface area contributed by atoms with Gasteiger partial charge in [-0.25, -0.2) is 0 Å². The van der Waals surface area contributed by atoms with Crippen LogP contribution in [-0.2, 0) is 40.5 Å². The van der Waals surface area contributed by atoms with Crippen molar-refractivity contribution in [3.8, 4) is 44.9 Å². The average Bonchev–Trinajstić information content (AvgIpc) is 3.27. The molecule has 8 rings (SSSR count). The zero-order valence-electron chi connectivity index (χ0n) is 34.2. The summed E-state index contributed by atoms with van der Waals surface area (Å²) < 4.78 is 134. The highest BCUT2D eigenvalue weighted by Gasteiger charge is 2.28. The predicted octanol–water partition coefficient (Wildman–Crippen LogP) is 9.39. The Hall–Kier alpha value is -7.68. The van der Waals surface area contributed by atoms with E-state index in [4.69, 9.17) is 11.5 Å². The summed E-state index contributed by atoms with van der Waals surface area (Å²) >= 11 is 0. The van der Waals surface area contributed by atoms with Crippen LogP contribution in [0.1, 0.15) is 0 Å². The van der Waals surface area contributed by atoms with Gasteiger partial charge in [0.1, 0.15) is 31.0 Å². The number of rotatable bonds is 11. The van der Waals surface area contributed by atoms with Crippen LogP contribution in [-0.4, -0.2) is 62.1 Å². The largest absolute Gasteiger partial charge is 0.505 e. The maximum absolute atomic E-state index is 12.0. The molecule has 0 fully saturated rings. The van der Waals surface area contributed by atoms with Gasteiger partial charge in [-0.1, -0.05) is 84.9 Å². The second kappa shape index (κ2) is 17.2. The molecule has 0 saturated heterocycles. The molecule has 10 N–H and O–H groups in total. The van der Waals surface area contributed by atoms with Crippen LogP contribution in [0.25, 0.3) is 54.9 Å². The first-order chi connectivity index (χ1) is 31.9. The van der Waals surface area contributed by atoms with Gasteiger partial charge in [-0.05, 0) is 81.9 Å². The number of nitrogens with zero attached hydrogens (tertiary/aromatic N) is 4. The van der Waals surface area contributed by atoms with Crippen LogP contribution in [0.15, 0.2) is 173 Å². The van der Waals surface area contributed by atoms with Gasteiger partial charge in [0.15, 0.2) is 11.5 Å². The van der Waals surface area contributed by atoms with E-state index in [2.05, 4.69) is 20.5 Å². The molecule has 0 amide bonds. The summed E-state index contributed by atoms with van der Waals surface area (Å²) in [6.45, 7) is 0. The van der Waals surface area contributed by atoms with Crippen LogP contribution in [0.3, 0.4) is 0 Å². The molecular formula is C44H32N6O14S4. The van der Waals surface area contributed by atoms with Crippen molar-refractivity contribution in [1.29, 1.82) is 0 Å². The molecule has 24 heteroatoms. The summed E-state index contributed by atoms with van der Waals surface area (Å²) in [6, 6.07) is 35.0. The third kappa shape index (κ3) is 9.20. The molecule has 0 aliphatic heterocycles. The van der Waals surface area contributed by atoms with Gasteiger partial charge in [0.2, 0.25) is 0 Å². The van der Waals surface area contributed by atoms with Crippen LogP contribution < -0.4 is 11.5 Å². The summed E-state index contributed by atoms with van der Waals surface area (Å²) in [5, 5.41) is 36.5. The second-order valence-electron chi connectivity index (χ2n) is 14.8. The van der Waals surface area contributed by atoms with Gasteiger partial charge in [-0.3, -0.25) is 18.2 Å². The maximum Gasteiger partial charge on any atom is 0.296 e. The highest BCUT2D eigenvalue weighted by atomic mass is 32.2. The van der Waals surface area contributed by atoms with E-state index in [0.717, 1.165) is 45.5 Å². The zero-order chi connectivity index (χ0) is 49.1. The number of fused-ring (bicyclic) bond motifs is 2. The number of phenols is 2. The molecule has 0 spiro atoms. The quantitative estimate of drug-likeness (QED) is 0.0340. The van der Waals surface area contributed by atoms with E-state index >= 15 is 0 Å². The van der Waals surface area contributed by atoms with Gasteiger partial charge in [-0.15, -0.1) is 10.2 Å². The highest BCUT2D eigenvalue weighted by Crippen LogP contribution is 2.45. The molecular weight excluding hydrogens is 965 g/mol. The maximum atomic E-state index is 12.0. The topological polar surface area (TPSA) is 359 Å². The van der Waals surface area contributed by atoms with Crippen LogP contribution >= 0.6 is 0 Å². The normalized spacial score (nSPS) is 12.7. The Balaban J connectivity index is 0.950. The van der Waals surface area contributed by atoms with Gasteiger partial charge in [-0.2, -0.15) is 43.9 Å². The fraction of sp³-hybridized carbons (Fsp3) is 0. The molecule has 8 aromatic rings. The molecule has 0 bridgehead atoms. The number of nitrogens with two attached hydrogens (primary N) is 2. The number of anilines is 2. The van der Waals surface area contributed by atoms with Crippen LogP contribution in [0.2, 0.25) is 0 Å². The van der Waals surface area contributed by atoms with E-state index in [-0.39, 0.29) is 22.1 Å².